The first-order chi connectivity index (χ1) is 27.2. The van der Waals surface area contributed by atoms with E-state index in [0.717, 1.165) is 64.2 Å². The van der Waals surface area contributed by atoms with Gasteiger partial charge in [0.15, 0.2) is 18.5 Å². The van der Waals surface area contributed by atoms with Crippen LogP contribution >= 0.6 is 0 Å². The van der Waals surface area contributed by atoms with E-state index in [1.54, 1.807) is 0 Å². The fourth-order valence-corrected chi connectivity index (χ4v) is 6.69. The van der Waals surface area contributed by atoms with Gasteiger partial charge in [0.1, 0.15) is 24.9 Å². The number of carboxylic acid groups (broad SMARTS) is 1. The van der Waals surface area contributed by atoms with E-state index in [1.165, 1.54) is 89.9 Å². The lowest BCUT2D eigenvalue weighted by Crippen LogP contribution is -2.60. The van der Waals surface area contributed by atoms with Gasteiger partial charge in [0.2, 0.25) is 0 Å². The van der Waals surface area contributed by atoms with Gasteiger partial charge < -0.3 is 39.4 Å². The summed E-state index contributed by atoms with van der Waals surface area (Å²) in [4.78, 5) is 36.8. The Morgan fingerprint density at radius 3 is 1.43 bits per heavy atom. The number of ether oxygens (including phenoxy) is 4. The molecule has 0 aliphatic carbocycles. The second-order valence-electron chi connectivity index (χ2n) is 15.5. The first-order valence-electron chi connectivity index (χ1n) is 22.4. The predicted molar refractivity (Wildman–Crippen MR) is 220 cm³/mol. The highest BCUT2D eigenvalue weighted by atomic mass is 16.7. The number of carbonyl (C=O) groups is 3. The molecule has 56 heavy (non-hydrogen) atoms. The van der Waals surface area contributed by atoms with E-state index in [0.29, 0.717) is 12.8 Å². The number of esters is 2. The van der Waals surface area contributed by atoms with Crippen LogP contribution in [0.25, 0.3) is 0 Å². The molecule has 0 amide bonds. The van der Waals surface area contributed by atoms with Gasteiger partial charge in [-0.15, -0.1) is 0 Å². The van der Waals surface area contributed by atoms with E-state index >= 15 is 0 Å². The number of aliphatic hydroxyl groups excluding tert-OH is 3. The third-order valence-corrected chi connectivity index (χ3v) is 10.3. The monoisotopic (exact) mass is 797 g/mol. The molecule has 0 aromatic rings. The summed E-state index contributed by atoms with van der Waals surface area (Å²) in [5, 5.41) is 39.8. The van der Waals surface area contributed by atoms with E-state index in [2.05, 4.69) is 38.2 Å². The second-order valence-corrected chi connectivity index (χ2v) is 15.5. The summed E-state index contributed by atoms with van der Waals surface area (Å²) in [5.74, 6) is -2.46. The smallest absolute Gasteiger partial charge is 0.335 e. The van der Waals surface area contributed by atoms with Crippen LogP contribution < -0.4 is 0 Å². The van der Waals surface area contributed by atoms with Crippen molar-refractivity contribution in [1.82, 2.24) is 0 Å². The molecule has 0 saturated carbocycles. The molecule has 326 valence electrons. The molecule has 1 aliphatic rings. The minimum Gasteiger partial charge on any atom is -0.479 e. The topological polar surface area (TPSA) is 169 Å². The summed E-state index contributed by atoms with van der Waals surface area (Å²) in [5.41, 5.74) is 0. The number of carboxylic acids is 1. The predicted octanol–water partition coefficient (Wildman–Crippen LogP) is 9.43. The van der Waals surface area contributed by atoms with Crippen LogP contribution in [0.1, 0.15) is 194 Å². The third kappa shape index (κ3) is 27.3. The molecule has 6 unspecified atom stereocenters. The lowest BCUT2D eigenvalue weighted by atomic mass is 9.99. The molecule has 0 aromatic heterocycles. The van der Waals surface area contributed by atoms with Crippen LogP contribution in [-0.4, -0.2) is 88.4 Å². The Labute approximate surface area is 339 Å². The summed E-state index contributed by atoms with van der Waals surface area (Å²) in [6, 6.07) is 0. The average molecular weight is 797 g/mol. The molecule has 1 fully saturated rings. The number of hydrogen-bond donors (Lipinski definition) is 4. The van der Waals surface area contributed by atoms with Gasteiger partial charge in [-0.3, -0.25) is 9.59 Å². The van der Waals surface area contributed by atoms with E-state index in [-0.39, 0.29) is 19.4 Å². The molecule has 1 aliphatic heterocycles. The maximum Gasteiger partial charge on any atom is 0.335 e. The zero-order valence-electron chi connectivity index (χ0n) is 35.1. The van der Waals surface area contributed by atoms with Crippen LogP contribution in [-0.2, 0) is 33.3 Å². The highest BCUT2D eigenvalue weighted by Gasteiger charge is 2.47. The van der Waals surface area contributed by atoms with Crippen molar-refractivity contribution in [3.63, 3.8) is 0 Å². The normalized spacial score (nSPS) is 20.5. The van der Waals surface area contributed by atoms with Crippen LogP contribution in [0.3, 0.4) is 0 Å². The van der Waals surface area contributed by atoms with Crippen LogP contribution in [0, 0.1) is 0 Å². The number of aliphatic hydroxyl groups is 3. The van der Waals surface area contributed by atoms with Crippen LogP contribution in [0.5, 0.6) is 0 Å². The van der Waals surface area contributed by atoms with Crippen molar-refractivity contribution in [2.75, 3.05) is 13.2 Å². The molecule has 0 aromatic carbocycles. The first-order valence-corrected chi connectivity index (χ1v) is 22.4. The molecule has 11 heteroatoms. The second kappa shape index (κ2) is 35.8. The molecule has 4 N–H and O–H groups in total. The van der Waals surface area contributed by atoms with Gasteiger partial charge in [-0.25, -0.2) is 4.79 Å². The molecule has 1 rings (SSSR count). The van der Waals surface area contributed by atoms with Gasteiger partial charge in [0, 0.05) is 12.8 Å². The van der Waals surface area contributed by atoms with Gasteiger partial charge in [-0.1, -0.05) is 141 Å². The fourth-order valence-electron chi connectivity index (χ4n) is 6.69. The first kappa shape index (κ1) is 51.7. The zero-order chi connectivity index (χ0) is 41.1. The minimum absolute atomic E-state index is 0.173. The SMILES string of the molecule is CCCCC/C=C\CCCCCCCC(=O)OC(COC(=O)CCCCCCCCC/C=C\CCCCCCCCC)COC1OC(C(=O)O)C(O)C(O)C1O. The Hall–Kier alpha value is -2.31. The van der Waals surface area contributed by atoms with Crippen molar-refractivity contribution in [2.45, 2.75) is 230 Å². The summed E-state index contributed by atoms with van der Waals surface area (Å²) < 4.78 is 21.7. The van der Waals surface area contributed by atoms with Crippen molar-refractivity contribution in [1.29, 1.82) is 0 Å². The van der Waals surface area contributed by atoms with Crippen molar-refractivity contribution in [3.05, 3.63) is 24.3 Å². The largest absolute Gasteiger partial charge is 0.479 e. The zero-order valence-corrected chi connectivity index (χ0v) is 35.1. The lowest BCUT2D eigenvalue weighted by Gasteiger charge is -2.38. The molecule has 0 radical (unpaired) electrons. The van der Waals surface area contributed by atoms with E-state index in [1.807, 2.05) is 0 Å². The maximum absolute atomic E-state index is 12.7. The van der Waals surface area contributed by atoms with Crippen LogP contribution in [0.2, 0.25) is 0 Å². The summed E-state index contributed by atoms with van der Waals surface area (Å²) >= 11 is 0. The van der Waals surface area contributed by atoms with E-state index in [4.69, 9.17) is 18.9 Å². The molecule has 6 atom stereocenters. The average Bonchev–Trinajstić information content (AvgIpc) is 3.18. The van der Waals surface area contributed by atoms with Gasteiger partial charge >= 0.3 is 17.9 Å². The summed E-state index contributed by atoms with van der Waals surface area (Å²) in [7, 11) is 0. The van der Waals surface area contributed by atoms with Crippen molar-refractivity contribution in [2.24, 2.45) is 0 Å². The highest BCUT2D eigenvalue weighted by Crippen LogP contribution is 2.23. The summed E-state index contributed by atoms with van der Waals surface area (Å²) in [6.07, 6.45) is 29.5. The van der Waals surface area contributed by atoms with Gasteiger partial charge in [-0.05, 0) is 64.2 Å². The standard InChI is InChI=1S/C45H80O11/c1-3-5-7-9-11-13-15-17-18-19-20-21-22-24-25-27-29-31-33-38(46)53-35-37(36-54-45-42(50)40(48)41(49)43(56-45)44(51)52)55-39(47)34-32-30-28-26-23-16-14-12-10-8-6-4-2/h12,14,18-19,37,40-43,45,48-50H,3-11,13,15-17,20-36H2,1-2H3,(H,51,52)/b14-12-,19-18-. The lowest BCUT2D eigenvalue weighted by molar-refractivity contribution is -0.298. The molecule has 0 spiro atoms. The Morgan fingerprint density at radius 2 is 0.946 bits per heavy atom. The van der Waals surface area contributed by atoms with E-state index in [9.17, 15) is 34.8 Å². The molecule has 11 nitrogen and oxygen atoms in total. The van der Waals surface area contributed by atoms with E-state index < -0.39 is 61.3 Å². The van der Waals surface area contributed by atoms with Gasteiger partial charge in [0.25, 0.3) is 0 Å². The number of rotatable bonds is 37. The molecule has 1 saturated heterocycles. The molecular formula is C45H80O11. The third-order valence-electron chi connectivity index (χ3n) is 10.3. The minimum atomic E-state index is -1.86. The van der Waals surface area contributed by atoms with Crippen LogP contribution in [0.15, 0.2) is 24.3 Å². The fraction of sp³-hybridized carbons (Fsp3) is 0.844. The molecule has 1 heterocycles. The number of unbranched alkanes of at least 4 members (excludes halogenated alkanes) is 22. The van der Waals surface area contributed by atoms with Crippen molar-refractivity contribution < 1.29 is 53.8 Å². The highest BCUT2D eigenvalue weighted by molar-refractivity contribution is 5.73. The molecule has 0 bridgehead atoms. The Kier molecular flexibility index (Phi) is 33.1. The number of hydrogen-bond acceptors (Lipinski definition) is 10. The quantitative estimate of drug-likeness (QED) is 0.0268. The number of aliphatic carboxylic acids is 1. The van der Waals surface area contributed by atoms with Crippen molar-refractivity contribution >= 4 is 17.9 Å². The Balaban J connectivity index is 2.35. The molecular weight excluding hydrogens is 716 g/mol. The van der Waals surface area contributed by atoms with Crippen molar-refractivity contribution in [3.8, 4) is 0 Å². The number of carbonyl (C=O) groups excluding carboxylic acids is 2. The van der Waals surface area contributed by atoms with Gasteiger partial charge in [-0.2, -0.15) is 0 Å². The maximum atomic E-state index is 12.7. The van der Waals surface area contributed by atoms with Gasteiger partial charge in [0.05, 0.1) is 6.61 Å². The number of allylic oxidation sites excluding steroid dienone is 4. The Bertz CT molecular complexity index is 1030. The van der Waals surface area contributed by atoms with Crippen LogP contribution in [0.4, 0.5) is 0 Å². The summed E-state index contributed by atoms with van der Waals surface area (Å²) in [6.45, 7) is 3.77. The Morgan fingerprint density at radius 1 is 0.536 bits per heavy atom.